The van der Waals surface area contributed by atoms with Crippen LogP contribution in [0.25, 0.3) is 65.4 Å². The van der Waals surface area contributed by atoms with Crippen LogP contribution in [0.3, 0.4) is 0 Å². The maximum atomic E-state index is 10.2. The summed E-state index contributed by atoms with van der Waals surface area (Å²) in [5.41, 5.74) is 27.7. The van der Waals surface area contributed by atoms with Gasteiger partial charge in [0.15, 0.2) is 5.69 Å². The summed E-state index contributed by atoms with van der Waals surface area (Å²) in [6.07, 6.45) is 0. The smallest absolute Gasteiger partial charge is 0.252 e. The van der Waals surface area contributed by atoms with Gasteiger partial charge in [-0.2, -0.15) is 5.26 Å². The molecule has 12 aromatic rings. The molecule has 74 heavy (non-hydrogen) atoms. The van der Waals surface area contributed by atoms with E-state index in [1.165, 1.54) is 66.6 Å². The van der Waals surface area contributed by atoms with Crippen LogP contribution in [0.2, 0.25) is 0 Å². The Morgan fingerprint density at radius 1 is 0.527 bits per heavy atom. The van der Waals surface area contributed by atoms with Gasteiger partial charge in [0.1, 0.15) is 11.2 Å². The molecule has 0 radical (unpaired) electrons. The quantitative estimate of drug-likeness (QED) is 0.128. The van der Waals surface area contributed by atoms with E-state index in [1.54, 1.807) is 0 Å². The van der Waals surface area contributed by atoms with Gasteiger partial charge in [0.25, 0.3) is 6.71 Å². The molecule has 0 N–H and O–H groups in total. The van der Waals surface area contributed by atoms with Crippen molar-refractivity contribution in [2.75, 3.05) is 9.80 Å². The molecular formula is C67H42BN5O. The van der Waals surface area contributed by atoms with Gasteiger partial charge in [0, 0.05) is 44.6 Å². The van der Waals surface area contributed by atoms with Gasteiger partial charge in [-0.25, -0.2) is 4.85 Å². The summed E-state index contributed by atoms with van der Waals surface area (Å²) < 4.78 is 8.97. The molecule has 6 nitrogen and oxygen atoms in total. The van der Waals surface area contributed by atoms with E-state index in [1.807, 2.05) is 24.3 Å². The number of nitriles is 1. The van der Waals surface area contributed by atoms with Crippen LogP contribution in [0.4, 0.5) is 39.8 Å². The second kappa shape index (κ2) is 14.3. The van der Waals surface area contributed by atoms with Crippen LogP contribution in [0.1, 0.15) is 50.1 Å². The van der Waals surface area contributed by atoms with Crippen molar-refractivity contribution in [2.24, 2.45) is 0 Å². The Kier molecular flexibility index (Phi) is 7.95. The second-order valence-corrected chi connectivity index (χ2v) is 20.8. The first-order valence-corrected chi connectivity index (χ1v) is 25.4. The highest BCUT2D eigenvalue weighted by atomic mass is 16.3. The maximum Gasteiger partial charge on any atom is 0.252 e. The summed E-state index contributed by atoms with van der Waals surface area (Å²) in [5, 5.41) is 14.5. The van der Waals surface area contributed by atoms with Crippen molar-refractivity contribution in [1.82, 2.24) is 4.57 Å². The summed E-state index contributed by atoms with van der Waals surface area (Å²) in [7, 11) is 0. The van der Waals surface area contributed by atoms with Crippen LogP contribution in [0, 0.1) is 45.6 Å². The average Bonchev–Trinajstić information content (AvgIpc) is 4.07. The SMILES string of the molecule is [C-]#[N+]c1ccc2c(c1)[C@]1(c3ccccc3-c3cc4c(cc31)N(c1c(C)cccc1C)c1cc(C)cc3c1B4c1ccc(C)cc1N3c1cccc3oc4ccccc4c13)c1cccc3c4cc(C#N)ccc4n-2c13. The number of hydrogen-bond acceptors (Lipinski definition) is 4. The number of furan rings is 1. The Morgan fingerprint density at radius 2 is 1.26 bits per heavy atom. The van der Waals surface area contributed by atoms with E-state index in [2.05, 4.69) is 211 Å². The molecule has 1 aliphatic carbocycles. The molecule has 0 fully saturated rings. The minimum atomic E-state index is -0.812. The van der Waals surface area contributed by atoms with E-state index in [-0.39, 0.29) is 6.71 Å². The molecule has 16 rings (SSSR count). The van der Waals surface area contributed by atoms with E-state index < -0.39 is 5.41 Å². The van der Waals surface area contributed by atoms with Gasteiger partial charge in [0.2, 0.25) is 0 Å². The third kappa shape index (κ3) is 4.99. The lowest BCUT2D eigenvalue weighted by atomic mass is 9.33. The van der Waals surface area contributed by atoms with Crippen LogP contribution in [0.5, 0.6) is 0 Å². The summed E-state index contributed by atoms with van der Waals surface area (Å²) >= 11 is 0. The molecule has 0 saturated carbocycles. The fraction of sp³-hybridized carbons (Fsp3) is 0.0746. The summed E-state index contributed by atoms with van der Waals surface area (Å²) in [4.78, 5) is 9.21. The Balaban J connectivity index is 1.06. The molecule has 10 aromatic carbocycles. The van der Waals surface area contributed by atoms with Gasteiger partial charge < -0.3 is 18.8 Å². The van der Waals surface area contributed by atoms with Gasteiger partial charge in [-0.15, -0.1) is 0 Å². The molecule has 344 valence electrons. The molecule has 0 bridgehead atoms. The maximum absolute atomic E-state index is 10.2. The minimum absolute atomic E-state index is 0.120. The summed E-state index contributed by atoms with van der Waals surface area (Å²) in [6.45, 7) is 17.3. The fourth-order valence-corrected chi connectivity index (χ4v) is 14.1. The highest BCUT2D eigenvalue weighted by Crippen LogP contribution is 2.63. The number of rotatable bonds is 2. The second-order valence-electron chi connectivity index (χ2n) is 20.8. The van der Waals surface area contributed by atoms with Crippen molar-refractivity contribution in [3.8, 4) is 22.9 Å². The van der Waals surface area contributed by atoms with E-state index in [4.69, 9.17) is 11.0 Å². The van der Waals surface area contributed by atoms with Gasteiger partial charge in [0.05, 0.1) is 51.4 Å². The van der Waals surface area contributed by atoms with Gasteiger partial charge in [-0.3, -0.25) is 0 Å². The fourth-order valence-electron chi connectivity index (χ4n) is 14.1. The van der Waals surface area contributed by atoms with E-state index in [0.717, 1.165) is 89.0 Å². The zero-order valence-corrected chi connectivity index (χ0v) is 41.0. The van der Waals surface area contributed by atoms with Crippen LogP contribution in [-0.4, -0.2) is 11.3 Å². The molecule has 1 atom stereocenters. The van der Waals surface area contributed by atoms with Crippen LogP contribution >= 0.6 is 0 Å². The third-order valence-corrected chi connectivity index (χ3v) is 16.9. The van der Waals surface area contributed by atoms with E-state index in [0.29, 0.717) is 11.3 Å². The van der Waals surface area contributed by atoms with Crippen molar-refractivity contribution in [1.29, 1.82) is 5.26 Å². The molecule has 5 heterocycles. The van der Waals surface area contributed by atoms with Gasteiger partial charge in [-0.1, -0.05) is 109 Å². The van der Waals surface area contributed by atoms with Crippen molar-refractivity contribution >= 4 is 107 Å². The molecular weight excluding hydrogens is 902 g/mol. The van der Waals surface area contributed by atoms with E-state index in [9.17, 15) is 5.26 Å². The normalized spacial score (nSPS) is 15.2. The van der Waals surface area contributed by atoms with Crippen LogP contribution in [0.15, 0.2) is 186 Å². The number of fused-ring (bicyclic) bond motifs is 19. The van der Waals surface area contributed by atoms with Crippen molar-refractivity contribution < 1.29 is 4.42 Å². The zero-order valence-electron chi connectivity index (χ0n) is 41.0. The minimum Gasteiger partial charge on any atom is -0.456 e. The van der Waals surface area contributed by atoms with Crippen LogP contribution in [-0.2, 0) is 5.41 Å². The molecule has 2 aromatic heterocycles. The molecule has 3 aliphatic heterocycles. The largest absolute Gasteiger partial charge is 0.456 e. The number of aryl methyl sites for hydroxylation is 4. The highest BCUT2D eigenvalue weighted by molar-refractivity contribution is 7.00. The Labute approximate surface area is 428 Å². The van der Waals surface area contributed by atoms with Gasteiger partial charge in [-0.05, 0) is 173 Å². The number of anilines is 6. The first kappa shape index (κ1) is 41.1. The molecule has 4 aliphatic rings. The monoisotopic (exact) mass is 943 g/mol. The number of para-hydroxylation sites is 3. The molecule has 0 amide bonds. The average molecular weight is 944 g/mol. The lowest BCUT2D eigenvalue weighted by molar-refractivity contribution is 0.669. The summed E-state index contributed by atoms with van der Waals surface area (Å²) in [6, 6.07) is 68.9. The lowest BCUT2D eigenvalue weighted by Gasteiger charge is -2.46. The van der Waals surface area contributed by atoms with Gasteiger partial charge >= 0.3 is 0 Å². The summed E-state index contributed by atoms with van der Waals surface area (Å²) in [5.74, 6) is 0. The first-order chi connectivity index (χ1) is 36.3. The predicted molar refractivity (Wildman–Crippen MR) is 303 cm³/mol. The topological polar surface area (TPSA) is 52.7 Å². The Hall–Kier alpha value is -9.56. The first-order valence-electron chi connectivity index (χ1n) is 25.4. The standard InChI is InChI=1S/C67H42BN5O/c1-37-23-26-52-57(29-37)71(56-20-12-22-62-63(56)45-16-7-9-21-61(45)74-62)59-30-38(2)31-60-64(59)68(52)53-34-46-43-15-6-8-18-48(43)67(50(46)35-58(53)73(60)65-39(3)13-10-14-40(65)4)49-19-11-17-44-47-32-41(36-69)24-27-54(47)72(66(44)49)55-28-25-42(70-5)33-51(55)67/h6-35H,1-4H3/t67-/m1/s1. The zero-order chi connectivity index (χ0) is 49.5. The lowest BCUT2D eigenvalue weighted by Crippen LogP contribution is -2.61. The number of nitrogens with zero attached hydrogens (tertiary/aromatic N) is 5. The third-order valence-electron chi connectivity index (χ3n) is 16.9. The van der Waals surface area contributed by atoms with Crippen molar-refractivity contribution in [3.63, 3.8) is 0 Å². The van der Waals surface area contributed by atoms with Crippen LogP contribution < -0.4 is 26.2 Å². The molecule has 1 spiro atoms. The van der Waals surface area contributed by atoms with Crippen molar-refractivity contribution in [3.05, 3.63) is 243 Å². The van der Waals surface area contributed by atoms with E-state index >= 15 is 0 Å². The molecule has 7 heteroatoms. The Bertz CT molecular complexity index is 4660. The molecule has 0 saturated heterocycles. The Morgan fingerprint density at radius 3 is 2.11 bits per heavy atom. The highest BCUT2D eigenvalue weighted by Gasteiger charge is 2.53. The predicted octanol–water partition coefficient (Wildman–Crippen LogP) is 15.1. The number of hydrogen-bond donors (Lipinski definition) is 0. The molecule has 0 unspecified atom stereocenters. The number of aromatic nitrogens is 1. The van der Waals surface area contributed by atoms with Crippen molar-refractivity contribution in [2.45, 2.75) is 33.1 Å². The number of benzene rings is 10.